The number of hydrogen-bond acceptors (Lipinski definition) is 9. The Morgan fingerprint density at radius 2 is 1.74 bits per heavy atom. The van der Waals surface area contributed by atoms with Gasteiger partial charge in [0.1, 0.15) is 19.3 Å². The van der Waals surface area contributed by atoms with Crippen LogP contribution in [0.5, 0.6) is 11.5 Å². The summed E-state index contributed by atoms with van der Waals surface area (Å²) < 4.78 is 41.1. The number of halogens is 2. The quantitative estimate of drug-likeness (QED) is 0.154. The standard InChI is InChI=1S/C32H36Cl2N4O7S2/c1-2-38-26(16-21-17-27-28(19-29(21)46-38)45-14-13-44-27)31(40)37-25(15-20-7-4-3-5-8-20)30(39)32(41)35-11-6-12-36-47(42,43)22-9-10-23(33)24(34)18-22/h3-5,7-10,17-19,25-26,30,36,39H,2,6,11-16H2,1H3,(H,35,41)(H,37,40)/t25-,26-,30+/m0/s1. The molecule has 2 aliphatic heterocycles. The first-order chi connectivity index (χ1) is 22.6. The predicted octanol–water partition coefficient (Wildman–Crippen LogP) is 3.59. The van der Waals surface area contributed by atoms with Gasteiger partial charge in [-0.1, -0.05) is 60.5 Å². The highest BCUT2D eigenvalue weighted by Crippen LogP contribution is 2.42. The first-order valence-corrected chi connectivity index (χ1v) is 18.2. The van der Waals surface area contributed by atoms with Gasteiger partial charge in [-0.3, -0.25) is 9.59 Å². The molecule has 0 unspecified atom stereocenters. The summed E-state index contributed by atoms with van der Waals surface area (Å²) in [5.41, 5.74) is 1.79. The molecule has 3 aromatic rings. The largest absolute Gasteiger partial charge is 0.486 e. The van der Waals surface area contributed by atoms with Crippen LogP contribution in [0.1, 0.15) is 24.5 Å². The molecule has 0 aromatic heterocycles. The molecule has 3 aromatic carbocycles. The van der Waals surface area contributed by atoms with Crippen molar-refractivity contribution in [2.75, 3.05) is 32.8 Å². The first-order valence-electron chi connectivity index (χ1n) is 15.2. The number of hydrogen-bond donors (Lipinski definition) is 4. The Hall–Kier alpha value is -3.04. The molecule has 3 atom stereocenters. The number of nitrogens with zero attached hydrogens (tertiary/aromatic N) is 1. The topological polar surface area (TPSA) is 146 Å². The summed E-state index contributed by atoms with van der Waals surface area (Å²) in [6, 6.07) is 15.6. The fourth-order valence-electron chi connectivity index (χ4n) is 5.27. The summed E-state index contributed by atoms with van der Waals surface area (Å²) in [5, 5.41) is 17.1. The molecule has 0 bridgehead atoms. The Morgan fingerprint density at radius 1 is 1.02 bits per heavy atom. The molecular formula is C32H36Cl2N4O7S2. The van der Waals surface area contributed by atoms with Crippen LogP contribution >= 0.6 is 35.1 Å². The van der Waals surface area contributed by atoms with E-state index in [2.05, 4.69) is 15.4 Å². The van der Waals surface area contributed by atoms with E-state index in [1.165, 1.54) is 30.1 Å². The van der Waals surface area contributed by atoms with Crippen molar-refractivity contribution in [2.24, 2.45) is 0 Å². The zero-order valence-corrected chi connectivity index (χ0v) is 28.7. The second-order valence-electron chi connectivity index (χ2n) is 11.0. The number of rotatable bonds is 13. The monoisotopic (exact) mass is 722 g/mol. The fraction of sp³-hybridized carbons (Fsp3) is 0.375. The maximum Gasteiger partial charge on any atom is 0.251 e. The van der Waals surface area contributed by atoms with Crippen molar-refractivity contribution in [2.45, 2.75) is 54.2 Å². The fourth-order valence-corrected chi connectivity index (χ4v) is 7.84. The van der Waals surface area contributed by atoms with Gasteiger partial charge in [0, 0.05) is 24.5 Å². The third-order valence-electron chi connectivity index (χ3n) is 7.74. The summed E-state index contributed by atoms with van der Waals surface area (Å²) in [6.45, 7) is 3.59. The van der Waals surface area contributed by atoms with E-state index >= 15 is 0 Å². The number of fused-ring (bicyclic) bond motifs is 2. The maximum absolute atomic E-state index is 13.8. The van der Waals surface area contributed by atoms with Gasteiger partial charge in [0.15, 0.2) is 17.6 Å². The van der Waals surface area contributed by atoms with Crippen LogP contribution in [0.3, 0.4) is 0 Å². The van der Waals surface area contributed by atoms with E-state index in [1.54, 1.807) is 0 Å². The number of amides is 2. The Balaban J connectivity index is 1.21. The smallest absolute Gasteiger partial charge is 0.251 e. The maximum atomic E-state index is 13.8. The van der Waals surface area contributed by atoms with Crippen molar-refractivity contribution in [1.82, 2.24) is 19.7 Å². The molecule has 5 rings (SSSR count). The van der Waals surface area contributed by atoms with Crippen molar-refractivity contribution in [1.29, 1.82) is 0 Å². The lowest BCUT2D eigenvalue weighted by atomic mass is 9.98. The molecule has 15 heteroatoms. The number of nitrogens with one attached hydrogen (secondary N) is 3. The van der Waals surface area contributed by atoms with Crippen LogP contribution in [0.15, 0.2) is 70.5 Å². The van der Waals surface area contributed by atoms with Gasteiger partial charge < -0.3 is 25.2 Å². The van der Waals surface area contributed by atoms with Crippen LogP contribution in [0.4, 0.5) is 0 Å². The van der Waals surface area contributed by atoms with Crippen LogP contribution in [0, 0.1) is 0 Å². The molecule has 252 valence electrons. The van der Waals surface area contributed by atoms with Crippen molar-refractivity contribution >= 4 is 57.0 Å². The number of likely N-dealkylation sites (N-methyl/N-ethyl adjacent to an activating group) is 1. The van der Waals surface area contributed by atoms with E-state index in [0.717, 1.165) is 16.0 Å². The summed E-state index contributed by atoms with van der Waals surface area (Å²) in [6.07, 6.45) is -0.691. The van der Waals surface area contributed by atoms with Gasteiger partial charge in [0.05, 0.1) is 21.0 Å². The molecule has 11 nitrogen and oxygen atoms in total. The molecule has 2 aliphatic rings. The lowest BCUT2D eigenvalue weighted by Crippen LogP contribution is -2.56. The molecule has 47 heavy (non-hydrogen) atoms. The molecule has 4 N–H and O–H groups in total. The van der Waals surface area contributed by atoms with E-state index in [9.17, 15) is 23.1 Å². The highest BCUT2D eigenvalue weighted by atomic mass is 35.5. The lowest BCUT2D eigenvalue weighted by molar-refractivity contribution is -0.133. The van der Waals surface area contributed by atoms with Crippen LogP contribution in [0.2, 0.25) is 10.0 Å². The van der Waals surface area contributed by atoms with Crippen LogP contribution in [-0.4, -0.2) is 80.7 Å². The second kappa shape index (κ2) is 15.9. The Morgan fingerprint density at radius 3 is 2.45 bits per heavy atom. The average molecular weight is 724 g/mol. The van der Waals surface area contributed by atoms with E-state index in [4.69, 9.17) is 32.7 Å². The normalized spacial score (nSPS) is 17.3. The SMILES string of the molecule is CCN1Sc2cc3c(cc2C[C@H]1C(=O)N[C@@H](Cc1ccccc1)[C@@H](O)C(=O)NCCCNS(=O)(=O)c1ccc(Cl)c(Cl)c1)OCCO3. The predicted molar refractivity (Wildman–Crippen MR) is 181 cm³/mol. The van der Waals surface area contributed by atoms with Crippen molar-refractivity contribution in [3.05, 3.63) is 81.8 Å². The van der Waals surface area contributed by atoms with Gasteiger partial charge in [-0.25, -0.2) is 17.4 Å². The van der Waals surface area contributed by atoms with Gasteiger partial charge in [0.2, 0.25) is 15.9 Å². The van der Waals surface area contributed by atoms with Crippen LogP contribution < -0.4 is 24.8 Å². The van der Waals surface area contributed by atoms with E-state index < -0.39 is 34.1 Å². The number of carbonyl (C=O) groups is 2. The summed E-state index contributed by atoms with van der Waals surface area (Å²) in [5.74, 6) is 0.334. The number of ether oxygens (including phenoxy) is 2. The highest BCUT2D eigenvalue weighted by Gasteiger charge is 2.36. The van der Waals surface area contributed by atoms with Gasteiger partial charge in [-0.05, 0) is 72.7 Å². The van der Waals surface area contributed by atoms with Gasteiger partial charge >= 0.3 is 0 Å². The third kappa shape index (κ3) is 8.91. The van der Waals surface area contributed by atoms with E-state index in [1.807, 2.05) is 53.7 Å². The summed E-state index contributed by atoms with van der Waals surface area (Å²) >= 11 is 13.3. The molecule has 0 saturated heterocycles. The minimum atomic E-state index is -3.84. The Labute approximate surface area is 288 Å². The molecular weight excluding hydrogens is 687 g/mol. The Kier molecular flexibility index (Phi) is 11.9. The van der Waals surface area contributed by atoms with Gasteiger partial charge in [-0.2, -0.15) is 0 Å². The minimum Gasteiger partial charge on any atom is -0.486 e. The van der Waals surface area contributed by atoms with Crippen molar-refractivity contribution in [3.8, 4) is 11.5 Å². The molecule has 0 fully saturated rings. The number of aliphatic hydroxyl groups excluding tert-OH is 1. The molecule has 0 aliphatic carbocycles. The summed E-state index contributed by atoms with van der Waals surface area (Å²) in [7, 11) is -3.84. The number of sulfonamides is 1. The first kappa shape index (κ1) is 35.3. The zero-order chi connectivity index (χ0) is 33.6. The molecule has 2 heterocycles. The van der Waals surface area contributed by atoms with E-state index in [-0.39, 0.29) is 46.8 Å². The molecule has 2 amide bonds. The van der Waals surface area contributed by atoms with Gasteiger partial charge in [-0.15, -0.1) is 0 Å². The lowest BCUT2D eigenvalue weighted by Gasteiger charge is -2.36. The van der Waals surface area contributed by atoms with Crippen LogP contribution in [-0.2, 0) is 32.5 Å². The molecule has 0 radical (unpaired) electrons. The summed E-state index contributed by atoms with van der Waals surface area (Å²) in [4.78, 5) is 27.8. The van der Waals surface area contributed by atoms with Crippen molar-refractivity contribution < 1.29 is 32.6 Å². The Bertz CT molecular complexity index is 1700. The number of carbonyl (C=O) groups excluding carboxylic acids is 2. The zero-order valence-electron chi connectivity index (χ0n) is 25.6. The van der Waals surface area contributed by atoms with Crippen LogP contribution in [0.25, 0.3) is 0 Å². The van der Waals surface area contributed by atoms with Crippen molar-refractivity contribution in [3.63, 3.8) is 0 Å². The highest BCUT2D eigenvalue weighted by molar-refractivity contribution is 7.97. The number of benzene rings is 3. The minimum absolute atomic E-state index is 0.0250. The number of aliphatic hydroxyl groups is 1. The molecule has 0 saturated carbocycles. The van der Waals surface area contributed by atoms with E-state index in [0.29, 0.717) is 37.7 Å². The second-order valence-corrected chi connectivity index (χ2v) is 14.7. The third-order valence-corrected chi connectivity index (χ3v) is 11.3. The average Bonchev–Trinajstić information content (AvgIpc) is 3.07. The van der Waals surface area contributed by atoms with Gasteiger partial charge in [0.25, 0.3) is 5.91 Å². The molecule has 0 spiro atoms.